The van der Waals surface area contributed by atoms with Crippen molar-refractivity contribution in [2.45, 2.75) is 32.5 Å². The van der Waals surface area contributed by atoms with Gasteiger partial charge in [0.2, 0.25) is 11.8 Å². The second-order valence-electron chi connectivity index (χ2n) is 7.79. The maximum Gasteiger partial charge on any atom is 0.418 e. The molecule has 166 valence electrons. The number of amides is 2. The zero-order valence-electron chi connectivity index (χ0n) is 17.6. The first-order chi connectivity index (χ1) is 14.6. The van der Waals surface area contributed by atoms with Crippen molar-refractivity contribution in [2.24, 2.45) is 0 Å². The highest BCUT2D eigenvalue weighted by Crippen LogP contribution is 2.34. The fourth-order valence-corrected chi connectivity index (χ4v) is 3.59. The van der Waals surface area contributed by atoms with Gasteiger partial charge in [-0.3, -0.25) is 14.5 Å². The Hall–Kier alpha value is -2.87. The minimum absolute atomic E-state index is 0.0275. The van der Waals surface area contributed by atoms with Crippen LogP contribution in [0.5, 0.6) is 0 Å². The van der Waals surface area contributed by atoms with Crippen molar-refractivity contribution in [3.05, 3.63) is 65.2 Å². The Morgan fingerprint density at radius 2 is 1.61 bits per heavy atom. The second kappa shape index (κ2) is 9.51. The minimum atomic E-state index is -4.55. The van der Waals surface area contributed by atoms with E-state index in [1.807, 2.05) is 36.1 Å². The van der Waals surface area contributed by atoms with Crippen molar-refractivity contribution in [1.82, 2.24) is 9.80 Å². The molecule has 1 unspecified atom stereocenters. The molecule has 0 spiro atoms. The highest BCUT2D eigenvalue weighted by Gasteiger charge is 2.34. The van der Waals surface area contributed by atoms with E-state index in [4.69, 9.17) is 0 Å². The second-order valence-corrected chi connectivity index (χ2v) is 7.79. The lowest BCUT2D eigenvalue weighted by Gasteiger charge is -2.37. The molecule has 1 heterocycles. The summed E-state index contributed by atoms with van der Waals surface area (Å²) in [4.78, 5) is 28.8. The lowest BCUT2D eigenvalue weighted by Crippen LogP contribution is -2.54. The van der Waals surface area contributed by atoms with Crippen LogP contribution in [-0.2, 0) is 22.2 Å². The number of carbonyl (C=O) groups excluding carboxylic acids is 2. The van der Waals surface area contributed by atoms with Gasteiger partial charge in [0.05, 0.1) is 23.7 Å². The quantitative estimate of drug-likeness (QED) is 0.782. The van der Waals surface area contributed by atoms with Gasteiger partial charge in [0, 0.05) is 26.2 Å². The van der Waals surface area contributed by atoms with Gasteiger partial charge in [0.25, 0.3) is 0 Å². The number of halogens is 3. The predicted octanol–water partition coefficient (Wildman–Crippen LogP) is 3.73. The summed E-state index contributed by atoms with van der Waals surface area (Å²) < 4.78 is 39.4. The molecule has 31 heavy (non-hydrogen) atoms. The zero-order valence-corrected chi connectivity index (χ0v) is 17.6. The van der Waals surface area contributed by atoms with E-state index in [9.17, 15) is 22.8 Å². The van der Waals surface area contributed by atoms with Crippen LogP contribution < -0.4 is 5.32 Å². The van der Waals surface area contributed by atoms with E-state index in [-0.39, 0.29) is 11.6 Å². The van der Waals surface area contributed by atoms with E-state index in [0.717, 1.165) is 17.2 Å². The topological polar surface area (TPSA) is 52.7 Å². The first kappa shape index (κ1) is 22.8. The molecule has 8 heteroatoms. The Kier molecular flexibility index (Phi) is 7.00. The first-order valence-corrected chi connectivity index (χ1v) is 10.2. The van der Waals surface area contributed by atoms with Crippen LogP contribution in [0, 0.1) is 6.92 Å². The highest BCUT2D eigenvalue weighted by atomic mass is 19.4. The summed E-state index contributed by atoms with van der Waals surface area (Å²) in [6, 6.07) is 12.1. The molecular weight excluding hydrogens is 407 g/mol. The van der Waals surface area contributed by atoms with Gasteiger partial charge < -0.3 is 10.2 Å². The molecule has 0 bridgehead atoms. The van der Waals surface area contributed by atoms with Gasteiger partial charge in [-0.05, 0) is 31.5 Å². The van der Waals surface area contributed by atoms with E-state index in [2.05, 4.69) is 5.32 Å². The molecule has 1 atom stereocenters. The molecule has 0 saturated carbocycles. The molecule has 0 aliphatic carbocycles. The van der Waals surface area contributed by atoms with Crippen LogP contribution >= 0.6 is 0 Å². The number of para-hydroxylation sites is 1. The maximum absolute atomic E-state index is 13.1. The third kappa shape index (κ3) is 5.85. The third-order valence-corrected chi connectivity index (χ3v) is 5.56. The predicted molar refractivity (Wildman–Crippen MR) is 113 cm³/mol. The maximum atomic E-state index is 13.1. The van der Waals surface area contributed by atoms with Crippen molar-refractivity contribution in [3.8, 4) is 0 Å². The minimum Gasteiger partial charge on any atom is -0.340 e. The lowest BCUT2D eigenvalue weighted by molar-refractivity contribution is -0.137. The SMILES string of the molecule is Cc1ccc(CC(=O)N2CCN(C(C)C(=O)Nc3ccccc3C(F)(F)F)CC2)cc1. The third-order valence-electron chi connectivity index (χ3n) is 5.56. The average molecular weight is 433 g/mol. The molecule has 0 radical (unpaired) electrons. The normalized spacial score (nSPS) is 16.1. The summed E-state index contributed by atoms with van der Waals surface area (Å²) in [6.45, 7) is 5.56. The van der Waals surface area contributed by atoms with Crippen molar-refractivity contribution in [1.29, 1.82) is 0 Å². The van der Waals surface area contributed by atoms with Gasteiger partial charge in [-0.1, -0.05) is 42.0 Å². The first-order valence-electron chi connectivity index (χ1n) is 10.2. The molecule has 3 rings (SSSR count). The van der Waals surface area contributed by atoms with Crippen LogP contribution in [0.2, 0.25) is 0 Å². The summed E-state index contributed by atoms with van der Waals surface area (Å²) in [5.74, 6) is -0.476. The van der Waals surface area contributed by atoms with Gasteiger partial charge in [0.1, 0.15) is 0 Å². The number of piperazine rings is 1. The molecule has 1 N–H and O–H groups in total. The van der Waals surface area contributed by atoms with E-state index < -0.39 is 23.7 Å². The van der Waals surface area contributed by atoms with Crippen LogP contribution in [0.25, 0.3) is 0 Å². The Labute approximate surface area is 179 Å². The molecular formula is C23H26F3N3O2. The fourth-order valence-electron chi connectivity index (χ4n) is 3.59. The lowest BCUT2D eigenvalue weighted by atomic mass is 10.1. The Morgan fingerprint density at radius 1 is 1.00 bits per heavy atom. The molecule has 1 aliphatic heterocycles. The monoisotopic (exact) mass is 433 g/mol. The van der Waals surface area contributed by atoms with Crippen molar-refractivity contribution < 1.29 is 22.8 Å². The number of alkyl halides is 3. The summed E-state index contributed by atoms with van der Waals surface area (Å²) in [5.41, 5.74) is 0.963. The van der Waals surface area contributed by atoms with Crippen molar-refractivity contribution in [3.63, 3.8) is 0 Å². The molecule has 2 aromatic carbocycles. The number of aryl methyl sites for hydroxylation is 1. The van der Waals surface area contributed by atoms with Gasteiger partial charge >= 0.3 is 6.18 Å². The van der Waals surface area contributed by atoms with Crippen LogP contribution in [0.3, 0.4) is 0 Å². The summed E-state index contributed by atoms with van der Waals surface area (Å²) in [6.07, 6.45) is -4.22. The standard InChI is InChI=1S/C23H26F3N3O2/c1-16-7-9-18(10-8-16)15-21(30)29-13-11-28(12-14-29)17(2)22(31)27-20-6-4-3-5-19(20)23(24,25)26/h3-10,17H,11-15H2,1-2H3,(H,27,31). The number of anilines is 1. The van der Waals surface area contributed by atoms with Crippen molar-refractivity contribution >= 4 is 17.5 Å². The van der Waals surface area contributed by atoms with Gasteiger partial charge in [-0.15, -0.1) is 0 Å². The van der Waals surface area contributed by atoms with Crippen LogP contribution in [0.1, 0.15) is 23.6 Å². The van der Waals surface area contributed by atoms with Gasteiger partial charge in [-0.25, -0.2) is 0 Å². The smallest absolute Gasteiger partial charge is 0.340 e. The number of nitrogens with one attached hydrogen (secondary N) is 1. The summed E-state index contributed by atoms with van der Waals surface area (Å²) in [7, 11) is 0. The van der Waals surface area contributed by atoms with E-state index in [1.54, 1.807) is 11.8 Å². The molecule has 1 aliphatic rings. The fraction of sp³-hybridized carbons (Fsp3) is 0.391. The molecule has 2 aromatic rings. The number of nitrogens with zero attached hydrogens (tertiary/aromatic N) is 2. The van der Waals surface area contributed by atoms with Crippen molar-refractivity contribution in [2.75, 3.05) is 31.5 Å². The number of benzene rings is 2. The number of hydrogen-bond donors (Lipinski definition) is 1. The molecule has 2 amide bonds. The highest BCUT2D eigenvalue weighted by molar-refractivity contribution is 5.95. The molecule has 1 saturated heterocycles. The van der Waals surface area contributed by atoms with E-state index in [0.29, 0.717) is 32.6 Å². The van der Waals surface area contributed by atoms with Gasteiger partial charge in [0.15, 0.2) is 0 Å². The van der Waals surface area contributed by atoms with Gasteiger partial charge in [-0.2, -0.15) is 13.2 Å². The van der Waals surface area contributed by atoms with Crippen LogP contribution in [0.4, 0.5) is 18.9 Å². The average Bonchev–Trinajstić information content (AvgIpc) is 2.74. The van der Waals surface area contributed by atoms with E-state index in [1.165, 1.54) is 18.2 Å². The molecule has 0 aromatic heterocycles. The number of rotatable bonds is 5. The van der Waals surface area contributed by atoms with Crippen LogP contribution in [0.15, 0.2) is 48.5 Å². The largest absolute Gasteiger partial charge is 0.418 e. The molecule has 5 nitrogen and oxygen atoms in total. The van der Waals surface area contributed by atoms with Crippen LogP contribution in [-0.4, -0.2) is 53.8 Å². The Balaban J connectivity index is 1.54. The Morgan fingerprint density at radius 3 is 2.23 bits per heavy atom. The summed E-state index contributed by atoms with van der Waals surface area (Å²) >= 11 is 0. The Bertz CT molecular complexity index is 920. The molecule has 1 fully saturated rings. The van der Waals surface area contributed by atoms with E-state index >= 15 is 0 Å². The summed E-state index contributed by atoms with van der Waals surface area (Å²) in [5, 5.41) is 2.40. The number of hydrogen-bond acceptors (Lipinski definition) is 3. The number of carbonyl (C=O) groups is 2. The zero-order chi connectivity index (χ0) is 22.6.